The van der Waals surface area contributed by atoms with Gasteiger partial charge in [-0.05, 0) is 26.2 Å². The van der Waals surface area contributed by atoms with Crippen LogP contribution in [0.5, 0.6) is 0 Å². The van der Waals surface area contributed by atoms with E-state index < -0.39 is 17.5 Å². The summed E-state index contributed by atoms with van der Waals surface area (Å²) in [6.45, 7) is 9.45. The summed E-state index contributed by atoms with van der Waals surface area (Å²) in [5.74, 6) is -0.645. The van der Waals surface area contributed by atoms with E-state index in [1.165, 1.54) is 6.92 Å². The van der Waals surface area contributed by atoms with Crippen molar-refractivity contribution in [1.82, 2.24) is 10.6 Å². The fourth-order valence-corrected chi connectivity index (χ4v) is 1.71. The van der Waals surface area contributed by atoms with Crippen LogP contribution in [0.3, 0.4) is 0 Å². The molecule has 2 amide bonds. The number of carbonyl (C=O) groups excluding carboxylic acids is 1. The van der Waals surface area contributed by atoms with E-state index in [2.05, 4.69) is 17.6 Å². The Kier molecular flexibility index (Phi) is 6.73. The molecule has 0 aliphatic carbocycles. The molecule has 0 aromatic heterocycles. The fourth-order valence-electron chi connectivity index (χ4n) is 1.71. The highest BCUT2D eigenvalue weighted by molar-refractivity contribution is 5.85. The second kappa shape index (κ2) is 7.24. The first-order valence-electron chi connectivity index (χ1n) is 6.58. The average molecular weight is 258 g/mol. The normalized spacial score (nSPS) is 17.4. The number of hydrogen-bond acceptors (Lipinski definition) is 2. The Morgan fingerprint density at radius 2 is 1.83 bits per heavy atom. The number of urea groups is 1. The average Bonchev–Trinajstić information content (AvgIpc) is 2.27. The van der Waals surface area contributed by atoms with Crippen molar-refractivity contribution in [3.05, 3.63) is 0 Å². The standard InChI is InChI=1S/C13H26N2O3/c1-6-8-13(5,11(16)17)15-12(18)14-10(4)9(3)7-2/h9-10H,6-8H2,1-5H3,(H,16,17)(H2,14,15,18). The largest absolute Gasteiger partial charge is 0.480 e. The number of amides is 2. The highest BCUT2D eigenvalue weighted by Gasteiger charge is 2.34. The van der Waals surface area contributed by atoms with Crippen LogP contribution in [-0.2, 0) is 4.79 Å². The summed E-state index contributed by atoms with van der Waals surface area (Å²) < 4.78 is 0. The molecular weight excluding hydrogens is 232 g/mol. The predicted octanol–water partition coefficient (Wildman–Crippen LogP) is 2.36. The molecular formula is C13H26N2O3. The smallest absolute Gasteiger partial charge is 0.329 e. The summed E-state index contributed by atoms with van der Waals surface area (Å²) in [4.78, 5) is 23.0. The lowest BCUT2D eigenvalue weighted by atomic mass is 9.96. The van der Waals surface area contributed by atoms with E-state index in [0.29, 0.717) is 18.8 Å². The number of carboxylic acids is 1. The third kappa shape index (κ3) is 4.94. The molecule has 3 atom stereocenters. The highest BCUT2D eigenvalue weighted by atomic mass is 16.4. The molecule has 0 aromatic carbocycles. The van der Waals surface area contributed by atoms with Crippen LogP contribution < -0.4 is 10.6 Å². The molecule has 0 saturated carbocycles. The van der Waals surface area contributed by atoms with Gasteiger partial charge in [-0.3, -0.25) is 0 Å². The van der Waals surface area contributed by atoms with Crippen LogP contribution in [0, 0.1) is 5.92 Å². The summed E-state index contributed by atoms with van der Waals surface area (Å²) in [5.41, 5.74) is -1.20. The van der Waals surface area contributed by atoms with Crippen LogP contribution in [0.1, 0.15) is 53.9 Å². The van der Waals surface area contributed by atoms with Crippen molar-refractivity contribution in [2.75, 3.05) is 0 Å². The third-order valence-electron chi connectivity index (χ3n) is 3.47. The Balaban J connectivity index is 4.48. The monoisotopic (exact) mass is 258 g/mol. The maximum absolute atomic E-state index is 11.8. The number of carboxylic acid groups (broad SMARTS) is 1. The lowest BCUT2D eigenvalue weighted by Gasteiger charge is -2.28. The van der Waals surface area contributed by atoms with Gasteiger partial charge in [0, 0.05) is 6.04 Å². The number of rotatable bonds is 7. The first-order valence-corrected chi connectivity index (χ1v) is 6.58. The molecule has 5 nitrogen and oxygen atoms in total. The van der Waals surface area contributed by atoms with Crippen molar-refractivity contribution in [3.8, 4) is 0 Å². The van der Waals surface area contributed by atoms with Crippen molar-refractivity contribution in [2.24, 2.45) is 5.92 Å². The van der Waals surface area contributed by atoms with Crippen LogP contribution >= 0.6 is 0 Å². The first-order chi connectivity index (χ1) is 8.26. The Hall–Kier alpha value is -1.26. The van der Waals surface area contributed by atoms with E-state index >= 15 is 0 Å². The van der Waals surface area contributed by atoms with Crippen LogP contribution in [-0.4, -0.2) is 28.7 Å². The van der Waals surface area contributed by atoms with E-state index in [1.54, 1.807) is 0 Å². The molecule has 0 rings (SSSR count). The minimum atomic E-state index is -1.20. The van der Waals surface area contributed by atoms with E-state index in [4.69, 9.17) is 5.11 Å². The number of nitrogens with one attached hydrogen (secondary N) is 2. The van der Waals surface area contributed by atoms with Gasteiger partial charge in [0.25, 0.3) is 0 Å². The van der Waals surface area contributed by atoms with Crippen LogP contribution in [0.25, 0.3) is 0 Å². The van der Waals surface area contributed by atoms with E-state index in [1.807, 2.05) is 20.8 Å². The van der Waals surface area contributed by atoms with Gasteiger partial charge in [-0.1, -0.05) is 33.6 Å². The Bertz CT molecular complexity index is 294. The Labute approximate surface area is 109 Å². The predicted molar refractivity (Wildman–Crippen MR) is 71.5 cm³/mol. The van der Waals surface area contributed by atoms with Crippen molar-refractivity contribution in [1.29, 1.82) is 0 Å². The summed E-state index contributed by atoms with van der Waals surface area (Å²) in [5, 5.41) is 14.5. The van der Waals surface area contributed by atoms with Crippen LogP contribution in [0.4, 0.5) is 4.79 Å². The third-order valence-corrected chi connectivity index (χ3v) is 3.47. The van der Waals surface area contributed by atoms with Gasteiger partial charge in [0.15, 0.2) is 0 Å². The molecule has 0 radical (unpaired) electrons. The number of carbonyl (C=O) groups is 2. The zero-order valence-corrected chi connectivity index (χ0v) is 12.0. The molecule has 0 heterocycles. The van der Waals surface area contributed by atoms with Gasteiger partial charge >= 0.3 is 12.0 Å². The second-order valence-electron chi connectivity index (χ2n) is 5.16. The minimum absolute atomic E-state index is 0.0228. The number of hydrogen-bond donors (Lipinski definition) is 3. The Morgan fingerprint density at radius 1 is 1.28 bits per heavy atom. The van der Waals surface area contributed by atoms with Crippen molar-refractivity contribution in [3.63, 3.8) is 0 Å². The SMILES string of the molecule is CCCC(C)(NC(=O)NC(C)C(C)CC)C(=O)O. The molecule has 0 bridgehead atoms. The molecule has 0 spiro atoms. The lowest BCUT2D eigenvalue weighted by Crippen LogP contribution is -2.56. The lowest BCUT2D eigenvalue weighted by molar-refractivity contribution is -0.144. The molecule has 0 aliphatic rings. The van der Waals surface area contributed by atoms with E-state index in [0.717, 1.165) is 6.42 Å². The van der Waals surface area contributed by atoms with E-state index in [9.17, 15) is 9.59 Å². The summed E-state index contributed by atoms with van der Waals surface area (Å²) in [7, 11) is 0. The van der Waals surface area contributed by atoms with Gasteiger partial charge in [0.2, 0.25) is 0 Å². The molecule has 0 saturated heterocycles. The summed E-state index contributed by atoms with van der Waals surface area (Å²) >= 11 is 0. The second-order valence-corrected chi connectivity index (χ2v) is 5.16. The van der Waals surface area contributed by atoms with Gasteiger partial charge in [-0.25, -0.2) is 9.59 Å². The first kappa shape index (κ1) is 16.7. The van der Waals surface area contributed by atoms with Crippen molar-refractivity contribution in [2.45, 2.75) is 65.5 Å². The van der Waals surface area contributed by atoms with Gasteiger partial charge in [-0.2, -0.15) is 0 Å². The molecule has 3 N–H and O–H groups in total. The highest BCUT2D eigenvalue weighted by Crippen LogP contribution is 2.13. The van der Waals surface area contributed by atoms with Gasteiger partial charge in [0.1, 0.15) is 5.54 Å². The van der Waals surface area contributed by atoms with Gasteiger partial charge < -0.3 is 15.7 Å². The zero-order chi connectivity index (χ0) is 14.3. The quantitative estimate of drug-likeness (QED) is 0.656. The zero-order valence-electron chi connectivity index (χ0n) is 12.0. The fraction of sp³-hybridized carbons (Fsp3) is 0.846. The maximum atomic E-state index is 11.8. The minimum Gasteiger partial charge on any atom is -0.480 e. The molecule has 0 aliphatic heterocycles. The van der Waals surface area contributed by atoms with E-state index in [-0.39, 0.29) is 6.04 Å². The maximum Gasteiger partial charge on any atom is 0.329 e. The van der Waals surface area contributed by atoms with Gasteiger partial charge in [0.05, 0.1) is 0 Å². The van der Waals surface area contributed by atoms with Gasteiger partial charge in [-0.15, -0.1) is 0 Å². The molecule has 0 aromatic rings. The number of aliphatic carboxylic acids is 1. The molecule has 5 heteroatoms. The van der Waals surface area contributed by atoms with Crippen LogP contribution in [0.15, 0.2) is 0 Å². The van der Waals surface area contributed by atoms with Crippen molar-refractivity contribution < 1.29 is 14.7 Å². The van der Waals surface area contributed by atoms with Crippen molar-refractivity contribution >= 4 is 12.0 Å². The Morgan fingerprint density at radius 3 is 2.22 bits per heavy atom. The summed E-state index contributed by atoms with van der Waals surface area (Å²) in [6.07, 6.45) is 2.07. The molecule has 3 unspecified atom stereocenters. The summed E-state index contributed by atoms with van der Waals surface area (Å²) in [6, 6.07) is -0.393. The van der Waals surface area contributed by atoms with Crippen LogP contribution in [0.2, 0.25) is 0 Å². The molecule has 0 fully saturated rings. The molecule has 106 valence electrons. The molecule has 18 heavy (non-hydrogen) atoms. The topological polar surface area (TPSA) is 78.4 Å².